The third-order valence-corrected chi connectivity index (χ3v) is 8.59. The predicted octanol–water partition coefficient (Wildman–Crippen LogP) is 5.36. The SMILES string of the molecule is CCOC(=O)C1=C(C)Nc2c(c(N3CCN(C(c4ccc(F)cc4)c4ccc(F)cc4)CC3)nc(=O)n2C)[C@@H]1c1ccccc1. The molecule has 1 saturated heterocycles. The molecule has 10 heteroatoms. The average Bonchev–Trinajstić information content (AvgIpc) is 3.05. The molecule has 3 aromatic carbocycles. The molecular weight excluding hydrogens is 576 g/mol. The van der Waals surface area contributed by atoms with Crippen LogP contribution in [0.2, 0.25) is 0 Å². The molecule has 0 amide bonds. The van der Waals surface area contributed by atoms with Crippen LogP contribution in [0.25, 0.3) is 0 Å². The number of nitrogens with zero attached hydrogens (tertiary/aromatic N) is 4. The second kappa shape index (κ2) is 12.6. The Hall–Kier alpha value is -4.83. The number of allylic oxidation sites excluding steroid dienone is 1. The van der Waals surface area contributed by atoms with Crippen LogP contribution in [0.5, 0.6) is 0 Å². The third-order valence-electron chi connectivity index (χ3n) is 8.59. The molecule has 0 unspecified atom stereocenters. The lowest BCUT2D eigenvalue weighted by Crippen LogP contribution is -2.49. The van der Waals surface area contributed by atoms with Crippen molar-refractivity contribution in [3.05, 3.63) is 135 Å². The summed E-state index contributed by atoms with van der Waals surface area (Å²) in [6, 6.07) is 22.3. The molecule has 1 atom stereocenters. The van der Waals surface area contributed by atoms with Crippen molar-refractivity contribution < 1.29 is 18.3 Å². The molecule has 1 N–H and O–H groups in total. The lowest BCUT2D eigenvalue weighted by molar-refractivity contribution is -0.138. The molecule has 232 valence electrons. The maximum atomic E-state index is 13.8. The molecule has 45 heavy (non-hydrogen) atoms. The highest BCUT2D eigenvalue weighted by molar-refractivity contribution is 5.95. The second-order valence-electron chi connectivity index (χ2n) is 11.3. The minimum atomic E-state index is -0.514. The topological polar surface area (TPSA) is 79.7 Å². The Balaban J connectivity index is 1.39. The van der Waals surface area contributed by atoms with E-state index >= 15 is 0 Å². The van der Waals surface area contributed by atoms with Crippen molar-refractivity contribution in [2.45, 2.75) is 25.8 Å². The quantitative estimate of drug-likeness (QED) is 0.282. The number of aromatic nitrogens is 2. The monoisotopic (exact) mass is 611 g/mol. The van der Waals surface area contributed by atoms with Gasteiger partial charge in [-0.1, -0.05) is 54.6 Å². The van der Waals surface area contributed by atoms with E-state index in [0.717, 1.165) is 22.3 Å². The zero-order chi connectivity index (χ0) is 31.7. The fourth-order valence-electron chi connectivity index (χ4n) is 6.43. The number of rotatable bonds is 7. The summed E-state index contributed by atoms with van der Waals surface area (Å²) in [6.07, 6.45) is 0. The minimum absolute atomic E-state index is 0.224. The number of esters is 1. The first-order chi connectivity index (χ1) is 21.8. The second-order valence-corrected chi connectivity index (χ2v) is 11.3. The Morgan fingerprint density at radius 2 is 1.51 bits per heavy atom. The number of nitrogens with one attached hydrogen (secondary N) is 1. The largest absolute Gasteiger partial charge is 0.463 e. The van der Waals surface area contributed by atoms with Crippen molar-refractivity contribution >= 4 is 17.6 Å². The van der Waals surface area contributed by atoms with Crippen molar-refractivity contribution in [1.29, 1.82) is 0 Å². The van der Waals surface area contributed by atoms with E-state index in [1.54, 1.807) is 38.2 Å². The van der Waals surface area contributed by atoms with Crippen molar-refractivity contribution in [2.75, 3.05) is 43.0 Å². The Morgan fingerprint density at radius 1 is 0.933 bits per heavy atom. The zero-order valence-electron chi connectivity index (χ0n) is 25.5. The molecule has 2 aliphatic heterocycles. The number of carbonyl (C=O) groups is 1. The molecule has 1 aromatic heterocycles. The van der Waals surface area contributed by atoms with Crippen molar-refractivity contribution in [3.8, 4) is 0 Å². The summed E-state index contributed by atoms with van der Waals surface area (Å²) in [5.41, 5.74) is 4.10. The Labute approximate surface area is 260 Å². The molecule has 2 aliphatic rings. The van der Waals surface area contributed by atoms with Crippen molar-refractivity contribution in [2.24, 2.45) is 7.05 Å². The minimum Gasteiger partial charge on any atom is -0.463 e. The van der Waals surface area contributed by atoms with E-state index in [-0.39, 0.29) is 24.3 Å². The molecule has 4 aromatic rings. The molecule has 0 spiro atoms. The van der Waals surface area contributed by atoms with Crippen LogP contribution in [-0.4, -0.2) is 53.2 Å². The first kappa shape index (κ1) is 30.2. The predicted molar refractivity (Wildman–Crippen MR) is 169 cm³/mol. The lowest BCUT2D eigenvalue weighted by atomic mass is 9.81. The molecule has 0 radical (unpaired) electrons. The Bertz CT molecular complexity index is 1740. The van der Waals surface area contributed by atoms with Crippen LogP contribution in [0.1, 0.15) is 48.1 Å². The summed E-state index contributed by atoms with van der Waals surface area (Å²) in [5, 5.41) is 3.32. The highest BCUT2D eigenvalue weighted by Gasteiger charge is 2.39. The highest BCUT2D eigenvalue weighted by atomic mass is 19.1. The molecule has 6 rings (SSSR count). The molecule has 0 aliphatic carbocycles. The summed E-state index contributed by atoms with van der Waals surface area (Å²) >= 11 is 0. The van der Waals surface area contributed by atoms with Gasteiger partial charge in [0.2, 0.25) is 0 Å². The Morgan fingerprint density at radius 3 is 2.07 bits per heavy atom. The number of ether oxygens (including phenoxy) is 1. The molecule has 3 heterocycles. The first-order valence-corrected chi connectivity index (χ1v) is 15.1. The third kappa shape index (κ3) is 5.85. The average molecular weight is 612 g/mol. The summed E-state index contributed by atoms with van der Waals surface area (Å²) in [5.74, 6) is -0.481. The summed E-state index contributed by atoms with van der Waals surface area (Å²) in [6.45, 7) is 6.07. The van der Waals surface area contributed by atoms with Crippen LogP contribution in [0.15, 0.2) is 94.9 Å². The van der Waals surface area contributed by atoms with Gasteiger partial charge in [-0.15, -0.1) is 0 Å². The standard InChI is InChI=1S/C35H35F2N5O3/c1-4-45-34(43)28-22(2)38-32-30(29(28)23-8-6-5-7-9-23)33(39-35(44)40(32)3)42-20-18-41(19-21-42)31(24-10-14-26(36)15-11-24)25-12-16-27(37)17-13-25/h5-17,29,31,38H,4,18-21H2,1-3H3/t29-/m1/s1. The number of fused-ring (bicyclic) bond motifs is 1. The van der Waals surface area contributed by atoms with Gasteiger partial charge >= 0.3 is 11.7 Å². The van der Waals surface area contributed by atoms with E-state index in [0.29, 0.717) is 49.1 Å². The number of benzene rings is 3. The zero-order valence-corrected chi connectivity index (χ0v) is 25.5. The van der Waals surface area contributed by atoms with Gasteiger partial charge < -0.3 is 15.0 Å². The number of halogens is 2. The maximum Gasteiger partial charge on any atom is 0.350 e. The van der Waals surface area contributed by atoms with E-state index in [2.05, 4.69) is 20.1 Å². The number of carbonyl (C=O) groups excluding carboxylic acids is 1. The van der Waals surface area contributed by atoms with Gasteiger partial charge in [0.05, 0.1) is 24.1 Å². The molecule has 1 fully saturated rings. The van der Waals surface area contributed by atoms with Crippen LogP contribution < -0.4 is 15.9 Å². The molecule has 0 bridgehead atoms. The van der Waals surface area contributed by atoms with Gasteiger partial charge in [-0.3, -0.25) is 9.47 Å². The fourth-order valence-corrected chi connectivity index (χ4v) is 6.43. The summed E-state index contributed by atoms with van der Waals surface area (Å²) < 4.78 is 34.7. The molecular formula is C35H35F2N5O3. The highest BCUT2D eigenvalue weighted by Crippen LogP contribution is 2.45. The van der Waals surface area contributed by atoms with Crippen LogP contribution in [0.4, 0.5) is 20.4 Å². The van der Waals surface area contributed by atoms with Crippen LogP contribution >= 0.6 is 0 Å². The van der Waals surface area contributed by atoms with Gasteiger partial charge in [0.25, 0.3) is 0 Å². The van der Waals surface area contributed by atoms with Gasteiger partial charge in [-0.25, -0.2) is 18.4 Å². The van der Waals surface area contributed by atoms with Gasteiger partial charge in [0, 0.05) is 44.5 Å². The molecule has 0 saturated carbocycles. The number of anilines is 2. The number of piperazine rings is 1. The summed E-state index contributed by atoms with van der Waals surface area (Å²) in [4.78, 5) is 35.5. The van der Waals surface area contributed by atoms with Gasteiger partial charge in [0.1, 0.15) is 23.3 Å². The number of hydrogen-bond acceptors (Lipinski definition) is 7. The van der Waals surface area contributed by atoms with Crippen molar-refractivity contribution in [1.82, 2.24) is 14.5 Å². The lowest BCUT2D eigenvalue weighted by Gasteiger charge is -2.42. The van der Waals surface area contributed by atoms with Gasteiger partial charge in [0.15, 0.2) is 0 Å². The van der Waals surface area contributed by atoms with E-state index < -0.39 is 17.6 Å². The smallest absolute Gasteiger partial charge is 0.350 e. The molecule has 8 nitrogen and oxygen atoms in total. The Kier molecular flexibility index (Phi) is 8.49. The van der Waals surface area contributed by atoms with E-state index in [9.17, 15) is 18.4 Å². The fraction of sp³-hybridized carbons (Fsp3) is 0.286. The van der Waals surface area contributed by atoms with Crippen molar-refractivity contribution in [3.63, 3.8) is 0 Å². The van der Waals surface area contributed by atoms with Crippen LogP contribution in [-0.2, 0) is 16.6 Å². The van der Waals surface area contributed by atoms with Gasteiger partial charge in [-0.2, -0.15) is 4.98 Å². The maximum absolute atomic E-state index is 13.8. The van der Waals surface area contributed by atoms with E-state index in [1.807, 2.05) is 37.3 Å². The van der Waals surface area contributed by atoms with Crippen LogP contribution in [0.3, 0.4) is 0 Å². The first-order valence-electron chi connectivity index (χ1n) is 15.1. The van der Waals surface area contributed by atoms with E-state index in [1.165, 1.54) is 28.8 Å². The number of hydrogen-bond donors (Lipinski definition) is 1. The normalized spacial score (nSPS) is 16.8. The van der Waals surface area contributed by atoms with Gasteiger partial charge in [-0.05, 0) is 54.8 Å². The van der Waals surface area contributed by atoms with E-state index in [4.69, 9.17) is 4.74 Å². The summed E-state index contributed by atoms with van der Waals surface area (Å²) in [7, 11) is 1.67. The van der Waals surface area contributed by atoms with Crippen LogP contribution in [0, 0.1) is 11.6 Å².